The zero-order valence-corrected chi connectivity index (χ0v) is 10.7. The Balaban J connectivity index is 2.55. The van der Waals surface area contributed by atoms with E-state index in [0.29, 0.717) is 19.2 Å². The third-order valence-corrected chi connectivity index (χ3v) is 4.69. The molecule has 1 saturated heterocycles. The van der Waals surface area contributed by atoms with E-state index in [4.69, 9.17) is 33.7 Å². The summed E-state index contributed by atoms with van der Waals surface area (Å²) in [7, 11) is 7.23. The molecule has 0 aliphatic carbocycles. The maximum Gasteiger partial charge on any atom is 0.186 e. The van der Waals surface area contributed by atoms with Crippen LogP contribution in [-0.4, -0.2) is 50.8 Å². The Hall–Kier alpha value is 0.555. The van der Waals surface area contributed by atoms with Crippen molar-refractivity contribution in [1.82, 2.24) is 0 Å². The molecule has 0 bridgehead atoms. The first-order valence-corrected chi connectivity index (χ1v) is 7.74. The number of rotatable bonds is 5. The highest BCUT2D eigenvalue weighted by atomic mass is 32.5. The summed E-state index contributed by atoms with van der Waals surface area (Å²) in [6.07, 6.45) is 0.516. The Morgan fingerprint density at radius 1 is 1.67 bits per heavy atom. The van der Waals surface area contributed by atoms with Gasteiger partial charge in [-0.2, -0.15) is 0 Å². The van der Waals surface area contributed by atoms with E-state index in [2.05, 4.69) is 0 Å². The SMILES string of the molecule is [B][C@H]1CC(OP(O)(=S)CC)[C@@H](COC)O1. The Kier molecular flexibility index (Phi) is 5.23. The zero-order chi connectivity index (χ0) is 11.5. The summed E-state index contributed by atoms with van der Waals surface area (Å²) in [5.41, 5.74) is 0. The van der Waals surface area contributed by atoms with Gasteiger partial charge in [0, 0.05) is 19.3 Å². The largest absolute Gasteiger partial charge is 0.382 e. The lowest BCUT2D eigenvalue weighted by atomic mass is 9.96. The van der Waals surface area contributed by atoms with Gasteiger partial charge in [0.1, 0.15) is 14.0 Å². The van der Waals surface area contributed by atoms with Crippen molar-refractivity contribution in [2.45, 2.75) is 31.6 Å². The van der Waals surface area contributed by atoms with Gasteiger partial charge in [0.05, 0.1) is 12.7 Å². The quantitative estimate of drug-likeness (QED) is 0.572. The van der Waals surface area contributed by atoms with Crippen LogP contribution in [0, 0.1) is 0 Å². The number of ether oxygens (including phenoxy) is 2. The lowest BCUT2D eigenvalue weighted by molar-refractivity contribution is -0.0102. The highest BCUT2D eigenvalue weighted by Gasteiger charge is 2.36. The van der Waals surface area contributed by atoms with E-state index in [1.807, 2.05) is 6.92 Å². The van der Waals surface area contributed by atoms with E-state index in [-0.39, 0.29) is 18.2 Å². The number of hydrogen-bond acceptors (Lipinski definition) is 4. The van der Waals surface area contributed by atoms with Gasteiger partial charge in [0.15, 0.2) is 6.49 Å². The predicted molar refractivity (Wildman–Crippen MR) is 62.8 cm³/mol. The van der Waals surface area contributed by atoms with Crippen LogP contribution in [0.15, 0.2) is 0 Å². The van der Waals surface area contributed by atoms with Crippen LogP contribution < -0.4 is 0 Å². The summed E-state index contributed by atoms with van der Waals surface area (Å²) >= 11 is 4.96. The first-order chi connectivity index (χ1) is 6.98. The third kappa shape index (κ3) is 4.13. The molecule has 7 heteroatoms. The van der Waals surface area contributed by atoms with Crippen LogP contribution in [0.3, 0.4) is 0 Å². The second kappa shape index (κ2) is 5.76. The third-order valence-electron chi connectivity index (χ3n) is 2.26. The molecule has 4 atom stereocenters. The van der Waals surface area contributed by atoms with E-state index in [0.717, 1.165) is 0 Å². The van der Waals surface area contributed by atoms with Crippen molar-refractivity contribution >= 4 is 26.1 Å². The standard InChI is InChI=1S/C8H16BO4PS/c1-3-14(10,15)13-6-4-8(9)12-7(6)5-11-2/h6-8H,3-5H2,1-2H3,(H,10,15)/t6?,7-,8-,14?/m1/s1. The van der Waals surface area contributed by atoms with Gasteiger partial charge in [0.25, 0.3) is 0 Å². The second-order valence-corrected chi connectivity index (χ2v) is 7.33. The molecular weight excluding hydrogens is 234 g/mol. The molecule has 86 valence electrons. The molecule has 1 fully saturated rings. The molecule has 0 aromatic rings. The molecule has 0 amide bonds. The van der Waals surface area contributed by atoms with Crippen molar-refractivity contribution in [3.8, 4) is 0 Å². The van der Waals surface area contributed by atoms with Crippen molar-refractivity contribution in [2.24, 2.45) is 0 Å². The highest BCUT2D eigenvalue weighted by Crippen LogP contribution is 2.45. The van der Waals surface area contributed by atoms with E-state index in [1.54, 1.807) is 7.11 Å². The lowest BCUT2D eigenvalue weighted by Crippen LogP contribution is -2.28. The minimum absolute atomic E-state index is 0.231. The molecule has 1 aliphatic heterocycles. The Labute approximate surface area is 96.9 Å². The summed E-state index contributed by atoms with van der Waals surface area (Å²) < 4.78 is 15.9. The lowest BCUT2D eigenvalue weighted by Gasteiger charge is -2.23. The van der Waals surface area contributed by atoms with E-state index < -0.39 is 6.49 Å². The molecule has 1 N–H and O–H groups in total. The fraction of sp³-hybridized carbons (Fsp3) is 1.00. The van der Waals surface area contributed by atoms with Gasteiger partial charge in [-0.3, -0.25) is 0 Å². The van der Waals surface area contributed by atoms with E-state index in [9.17, 15) is 4.89 Å². The maximum atomic E-state index is 9.72. The maximum absolute atomic E-state index is 9.72. The smallest absolute Gasteiger partial charge is 0.186 e. The summed E-state index contributed by atoms with van der Waals surface area (Å²) in [5.74, 6) is 0. The van der Waals surface area contributed by atoms with Crippen LogP contribution in [0.4, 0.5) is 0 Å². The number of methoxy groups -OCH3 is 1. The monoisotopic (exact) mass is 250 g/mol. The summed E-state index contributed by atoms with van der Waals surface area (Å²) in [6.45, 7) is -0.460. The van der Waals surface area contributed by atoms with Crippen molar-refractivity contribution in [3.63, 3.8) is 0 Å². The molecule has 1 rings (SSSR count). The van der Waals surface area contributed by atoms with Crippen LogP contribution in [0.5, 0.6) is 0 Å². The van der Waals surface area contributed by atoms with Crippen molar-refractivity contribution in [1.29, 1.82) is 0 Å². The number of hydrogen-bond donors (Lipinski definition) is 1. The first-order valence-electron chi connectivity index (χ1n) is 4.88. The molecule has 4 nitrogen and oxygen atoms in total. The fourth-order valence-corrected chi connectivity index (χ4v) is 2.58. The molecule has 0 aromatic heterocycles. The van der Waals surface area contributed by atoms with Crippen LogP contribution >= 0.6 is 6.49 Å². The van der Waals surface area contributed by atoms with Gasteiger partial charge in [-0.15, -0.1) is 0 Å². The van der Waals surface area contributed by atoms with Gasteiger partial charge in [-0.1, -0.05) is 6.92 Å². The second-order valence-electron chi connectivity index (χ2n) is 3.50. The van der Waals surface area contributed by atoms with Crippen molar-refractivity contribution in [3.05, 3.63) is 0 Å². The van der Waals surface area contributed by atoms with Crippen LogP contribution in [-0.2, 0) is 25.8 Å². The molecule has 1 aliphatic rings. The minimum atomic E-state index is -2.67. The van der Waals surface area contributed by atoms with Crippen molar-refractivity contribution < 1.29 is 18.9 Å². The van der Waals surface area contributed by atoms with E-state index >= 15 is 0 Å². The molecular formula is C8H16BO4PS. The molecule has 15 heavy (non-hydrogen) atoms. The summed E-state index contributed by atoms with van der Waals surface area (Å²) in [5, 5.41) is 0. The Morgan fingerprint density at radius 3 is 2.87 bits per heavy atom. The molecule has 0 aromatic carbocycles. The van der Waals surface area contributed by atoms with Gasteiger partial charge in [-0.05, 0) is 18.2 Å². The molecule has 1 heterocycles. The molecule has 0 spiro atoms. The average Bonchev–Trinajstić information content (AvgIpc) is 2.47. The fourth-order valence-electron chi connectivity index (χ4n) is 1.46. The summed E-state index contributed by atoms with van der Waals surface area (Å²) in [6, 6.07) is -0.359. The predicted octanol–water partition coefficient (Wildman–Crippen LogP) is 0.623. The van der Waals surface area contributed by atoms with Gasteiger partial charge >= 0.3 is 0 Å². The average molecular weight is 250 g/mol. The van der Waals surface area contributed by atoms with E-state index in [1.165, 1.54) is 0 Å². The topological polar surface area (TPSA) is 47.9 Å². The van der Waals surface area contributed by atoms with Gasteiger partial charge in [0.2, 0.25) is 0 Å². The van der Waals surface area contributed by atoms with Crippen LogP contribution in [0.25, 0.3) is 0 Å². The van der Waals surface area contributed by atoms with Gasteiger partial charge in [-0.25, -0.2) is 0 Å². The van der Waals surface area contributed by atoms with Gasteiger partial charge < -0.3 is 18.9 Å². The summed E-state index contributed by atoms with van der Waals surface area (Å²) in [4.78, 5) is 9.72. The molecule has 2 unspecified atom stereocenters. The van der Waals surface area contributed by atoms with Crippen molar-refractivity contribution in [2.75, 3.05) is 19.9 Å². The Bertz CT molecular complexity index is 253. The molecule has 2 radical (unpaired) electrons. The highest BCUT2D eigenvalue weighted by molar-refractivity contribution is 8.09. The normalized spacial score (nSPS) is 35.3. The minimum Gasteiger partial charge on any atom is -0.382 e. The van der Waals surface area contributed by atoms with Crippen LogP contribution in [0.2, 0.25) is 0 Å². The Morgan fingerprint density at radius 2 is 2.33 bits per heavy atom. The first kappa shape index (κ1) is 13.6. The van der Waals surface area contributed by atoms with Crippen LogP contribution in [0.1, 0.15) is 13.3 Å². The zero-order valence-electron chi connectivity index (χ0n) is 8.96. The molecule has 0 saturated carbocycles.